The summed E-state index contributed by atoms with van der Waals surface area (Å²) in [5, 5.41) is 16.9. The third-order valence-corrected chi connectivity index (χ3v) is 5.99. The van der Waals surface area contributed by atoms with Crippen LogP contribution in [0.25, 0.3) is 0 Å². The van der Waals surface area contributed by atoms with Gasteiger partial charge in [0.05, 0.1) is 0 Å². The molecule has 0 aliphatic heterocycles. The Morgan fingerprint density at radius 1 is 0.394 bits per heavy atom. The fourth-order valence-electron chi connectivity index (χ4n) is 3.88. The number of carboxylic acids is 2. The number of aliphatic carboxylic acids is 2. The first-order valence-electron chi connectivity index (χ1n) is 14.0. The molecule has 0 unspecified atom stereocenters. The molecule has 33 heavy (non-hydrogen) atoms. The standard InChI is InChI=1S/2C14H28O2.Cd/c2*1-2-3-4-5-6-7-8-9-10-11-12-13-14(15)16;/h2*2-13H2,1H3,(H,15,16);. The van der Waals surface area contributed by atoms with Crippen molar-refractivity contribution >= 4 is 11.9 Å². The maximum absolute atomic E-state index is 10.3. The van der Waals surface area contributed by atoms with Gasteiger partial charge in [-0.3, -0.25) is 9.59 Å². The molecule has 0 amide bonds. The molecule has 0 aromatic carbocycles. The zero-order valence-corrected chi connectivity index (χ0v) is 26.4. The molecule has 0 atom stereocenters. The van der Waals surface area contributed by atoms with E-state index >= 15 is 0 Å². The smallest absolute Gasteiger partial charge is 0.303 e. The SMILES string of the molecule is CCCCCCCCCCCCCC(=O)O.CCCCCCCCCCCCCC(=O)O.[Cd]. The van der Waals surface area contributed by atoms with Crippen LogP contribution in [0.4, 0.5) is 0 Å². The van der Waals surface area contributed by atoms with Crippen molar-refractivity contribution in [1.82, 2.24) is 0 Å². The van der Waals surface area contributed by atoms with Crippen molar-refractivity contribution in [3.05, 3.63) is 0 Å². The van der Waals surface area contributed by atoms with E-state index in [-0.39, 0.29) is 27.3 Å². The minimum absolute atomic E-state index is 0. The monoisotopic (exact) mass is 570 g/mol. The molecule has 0 fully saturated rings. The molecule has 0 bridgehead atoms. The van der Waals surface area contributed by atoms with E-state index in [4.69, 9.17) is 10.2 Å². The van der Waals surface area contributed by atoms with Crippen LogP contribution in [0, 0.1) is 0 Å². The Hall–Kier alpha value is -0.138. The summed E-state index contributed by atoms with van der Waals surface area (Å²) in [4.78, 5) is 20.5. The van der Waals surface area contributed by atoms with Crippen molar-refractivity contribution in [3.63, 3.8) is 0 Å². The van der Waals surface area contributed by atoms with E-state index in [2.05, 4.69) is 13.8 Å². The first kappa shape index (κ1) is 37.4. The van der Waals surface area contributed by atoms with Crippen LogP contribution in [0.5, 0.6) is 0 Å². The summed E-state index contributed by atoms with van der Waals surface area (Å²) in [5.74, 6) is -1.31. The molecule has 0 aliphatic carbocycles. The largest absolute Gasteiger partial charge is 0.481 e. The summed E-state index contributed by atoms with van der Waals surface area (Å²) in [6.45, 7) is 4.49. The average molecular weight is 569 g/mol. The molecule has 0 saturated carbocycles. The molecule has 0 aromatic heterocycles. The number of hydrogen-bond donors (Lipinski definition) is 2. The van der Waals surface area contributed by atoms with Crippen LogP contribution < -0.4 is 0 Å². The third-order valence-electron chi connectivity index (χ3n) is 5.99. The Kier molecular flexibility index (Phi) is 38.6. The second-order valence-corrected chi connectivity index (χ2v) is 9.36. The minimum atomic E-state index is -0.657. The number of unbranched alkanes of at least 4 members (excludes halogenated alkanes) is 20. The van der Waals surface area contributed by atoms with Gasteiger partial charge >= 0.3 is 11.9 Å². The second kappa shape index (κ2) is 34.0. The molecular formula is C28H56CdO4. The summed E-state index contributed by atoms with van der Waals surface area (Å²) in [6, 6.07) is 0. The Bertz CT molecular complexity index is 352. The molecular weight excluding hydrogens is 513 g/mol. The third kappa shape index (κ3) is 42.5. The fourth-order valence-corrected chi connectivity index (χ4v) is 3.88. The molecule has 0 rings (SSSR count). The summed E-state index contributed by atoms with van der Waals surface area (Å²) in [6.07, 6.45) is 28.7. The predicted octanol–water partition coefficient (Wildman–Crippen LogP) is 9.54. The number of rotatable bonds is 24. The normalized spacial score (nSPS) is 10.2. The quantitative estimate of drug-likeness (QED) is 0.0897. The van der Waals surface area contributed by atoms with Gasteiger partial charge in [0.15, 0.2) is 0 Å². The van der Waals surface area contributed by atoms with Gasteiger partial charge in [-0.2, -0.15) is 0 Å². The summed E-state index contributed by atoms with van der Waals surface area (Å²) < 4.78 is 0. The van der Waals surface area contributed by atoms with E-state index in [1.165, 1.54) is 116 Å². The van der Waals surface area contributed by atoms with Gasteiger partial charge in [-0.1, -0.05) is 142 Å². The van der Waals surface area contributed by atoms with Gasteiger partial charge in [-0.25, -0.2) is 0 Å². The van der Waals surface area contributed by atoms with E-state index in [1.807, 2.05) is 0 Å². The molecule has 0 aliphatic rings. The van der Waals surface area contributed by atoms with E-state index in [9.17, 15) is 9.59 Å². The average Bonchev–Trinajstić information content (AvgIpc) is 2.76. The summed E-state index contributed by atoms with van der Waals surface area (Å²) in [5.41, 5.74) is 0. The Morgan fingerprint density at radius 2 is 0.576 bits per heavy atom. The maximum atomic E-state index is 10.3. The number of hydrogen-bond acceptors (Lipinski definition) is 2. The fraction of sp³-hybridized carbons (Fsp3) is 0.929. The molecule has 5 heteroatoms. The van der Waals surface area contributed by atoms with Crippen LogP contribution in [0.1, 0.15) is 168 Å². The van der Waals surface area contributed by atoms with E-state index in [0.717, 1.165) is 25.7 Å². The van der Waals surface area contributed by atoms with Crippen molar-refractivity contribution in [3.8, 4) is 0 Å². The van der Waals surface area contributed by atoms with Crippen molar-refractivity contribution in [1.29, 1.82) is 0 Å². The molecule has 0 aromatic rings. The van der Waals surface area contributed by atoms with Gasteiger partial charge < -0.3 is 10.2 Å². The molecule has 194 valence electrons. The first-order valence-corrected chi connectivity index (χ1v) is 14.0. The molecule has 0 heterocycles. The molecule has 0 spiro atoms. The Balaban J connectivity index is -0.000000529. The number of carbonyl (C=O) groups is 2. The van der Waals surface area contributed by atoms with Crippen LogP contribution >= 0.6 is 0 Å². The topological polar surface area (TPSA) is 74.6 Å². The second-order valence-electron chi connectivity index (χ2n) is 9.36. The summed E-state index contributed by atoms with van der Waals surface area (Å²) >= 11 is 0. The molecule has 4 nitrogen and oxygen atoms in total. The van der Waals surface area contributed by atoms with Gasteiger partial charge in [0.2, 0.25) is 0 Å². The number of carboxylic acid groups (broad SMARTS) is 2. The van der Waals surface area contributed by atoms with E-state index in [0.29, 0.717) is 12.8 Å². The van der Waals surface area contributed by atoms with Crippen molar-refractivity contribution < 1.29 is 47.1 Å². The summed E-state index contributed by atoms with van der Waals surface area (Å²) in [7, 11) is 0. The first-order chi connectivity index (χ1) is 15.5. The van der Waals surface area contributed by atoms with Crippen LogP contribution in [-0.4, -0.2) is 22.2 Å². The minimum Gasteiger partial charge on any atom is -0.481 e. The van der Waals surface area contributed by atoms with Crippen LogP contribution in [0.3, 0.4) is 0 Å². The van der Waals surface area contributed by atoms with Crippen molar-refractivity contribution in [2.45, 2.75) is 168 Å². The zero-order valence-electron chi connectivity index (χ0n) is 22.4. The Morgan fingerprint density at radius 3 is 0.758 bits per heavy atom. The predicted molar refractivity (Wildman–Crippen MR) is 137 cm³/mol. The van der Waals surface area contributed by atoms with Gasteiger partial charge in [0.25, 0.3) is 0 Å². The van der Waals surface area contributed by atoms with E-state index in [1.54, 1.807) is 0 Å². The van der Waals surface area contributed by atoms with Crippen molar-refractivity contribution in [2.24, 2.45) is 0 Å². The zero-order chi connectivity index (χ0) is 24.1. The van der Waals surface area contributed by atoms with Crippen molar-refractivity contribution in [2.75, 3.05) is 0 Å². The molecule has 2 N–H and O–H groups in total. The maximum Gasteiger partial charge on any atom is 0.303 e. The van der Waals surface area contributed by atoms with Gasteiger partial charge in [-0.15, -0.1) is 0 Å². The van der Waals surface area contributed by atoms with Crippen LogP contribution in [-0.2, 0) is 36.9 Å². The van der Waals surface area contributed by atoms with E-state index < -0.39 is 11.9 Å². The molecule has 0 saturated heterocycles. The van der Waals surface area contributed by atoms with Crippen LogP contribution in [0.2, 0.25) is 0 Å². The Labute approximate surface area is 226 Å². The van der Waals surface area contributed by atoms with Gasteiger partial charge in [0.1, 0.15) is 0 Å². The van der Waals surface area contributed by atoms with Gasteiger partial charge in [-0.05, 0) is 12.8 Å². The molecule has 0 radical (unpaired) electrons. The van der Waals surface area contributed by atoms with Crippen LogP contribution in [0.15, 0.2) is 0 Å². The van der Waals surface area contributed by atoms with Gasteiger partial charge in [0, 0.05) is 40.1 Å².